The molecular weight excluding hydrogens is 356 g/mol. The van der Waals surface area contributed by atoms with Crippen LogP contribution in [-0.4, -0.2) is 25.4 Å². The van der Waals surface area contributed by atoms with Crippen molar-refractivity contribution in [3.8, 4) is 11.4 Å². The molecule has 1 aromatic carbocycles. The molecule has 0 radical (unpaired) electrons. The van der Waals surface area contributed by atoms with Crippen molar-refractivity contribution in [1.29, 1.82) is 0 Å². The molecule has 0 saturated carbocycles. The van der Waals surface area contributed by atoms with Gasteiger partial charge in [-0.1, -0.05) is 11.6 Å². The Hall–Kier alpha value is -2.31. The summed E-state index contributed by atoms with van der Waals surface area (Å²) in [7, 11) is -0.959. The van der Waals surface area contributed by atoms with E-state index in [1.54, 1.807) is 24.7 Å². The highest BCUT2D eigenvalue weighted by molar-refractivity contribution is 7.83. The lowest BCUT2D eigenvalue weighted by Gasteiger charge is -2.11. The molecule has 2 aromatic heterocycles. The first-order chi connectivity index (χ1) is 12.0. The van der Waals surface area contributed by atoms with Crippen LogP contribution in [0.25, 0.3) is 11.4 Å². The van der Waals surface area contributed by atoms with Gasteiger partial charge in [-0.15, -0.1) is 0 Å². The highest BCUT2D eigenvalue weighted by atomic mass is 35.5. The second kappa shape index (κ2) is 7.72. The highest BCUT2D eigenvalue weighted by Gasteiger charge is 2.08. The summed E-state index contributed by atoms with van der Waals surface area (Å²) in [6.07, 6.45) is 5.10. The number of nitrogens with one attached hydrogen (secondary N) is 1. The van der Waals surface area contributed by atoms with Crippen molar-refractivity contribution in [1.82, 2.24) is 15.0 Å². The van der Waals surface area contributed by atoms with Gasteiger partial charge in [0, 0.05) is 63.2 Å². The lowest BCUT2D eigenvalue weighted by Crippen LogP contribution is -2.00. The van der Waals surface area contributed by atoms with E-state index in [9.17, 15) is 4.21 Å². The Morgan fingerprint density at radius 1 is 1.20 bits per heavy atom. The maximum absolute atomic E-state index is 11.5. The zero-order valence-corrected chi connectivity index (χ0v) is 15.4. The average molecular weight is 373 g/mol. The molecule has 3 rings (SSSR count). The first-order valence-electron chi connectivity index (χ1n) is 7.63. The van der Waals surface area contributed by atoms with Crippen LogP contribution in [-0.2, 0) is 16.6 Å². The van der Waals surface area contributed by atoms with Crippen LogP contribution in [0, 0.1) is 6.92 Å². The van der Waals surface area contributed by atoms with E-state index >= 15 is 0 Å². The van der Waals surface area contributed by atoms with Crippen molar-refractivity contribution in [2.24, 2.45) is 0 Å². The van der Waals surface area contributed by atoms with Gasteiger partial charge in [-0.3, -0.25) is 9.19 Å². The fourth-order valence-corrected chi connectivity index (χ4v) is 3.33. The summed E-state index contributed by atoms with van der Waals surface area (Å²) < 4.78 is 11.5. The van der Waals surface area contributed by atoms with E-state index in [1.165, 1.54) is 0 Å². The number of nitrogens with zero attached hydrogens (tertiary/aromatic N) is 3. The topological polar surface area (TPSA) is 67.8 Å². The van der Waals surface area contributed by atoms with Crippen LogP contribution >= 0.6 is 11.6 Å². The molecule has 0 aliphatic heterocycles. The van der Waals surface area contributed by atoms with Crippen LogP contribution in [0.3, 0.4) is 0 Å². The van der Waals surface area contributed by atoms with Crippen LogP contribution in [0.15, 0.2) is 48.8 Å². The molecule has 1 N–H and O–H groups in total. The summed E-state index contributed by atoms with van der Waals surface area (Å²) >= 11 is 6.18. The summed E-state index contributed by atoms with van der Waals surface area (Å²) in [5.74, 6) is 1.70. The van der Waals surface area contributed by atoms with Crippen molar-refractivity contribution in [3.05, 3.63) is 65.1 Å². The number of hydrogen-bond donors (Lipinski definition) is 1. The third-order valence-corrected chi connectivity index (χ3v) is 4.54. The second-order valence-electron chi connectivity index (χ2n) is 5.61. The van der Waals surface area contributed by atoms with E-state index in [-0.39, 0.29) is 0 Å². The number of halogens is 1. The number of aromatic nitrogens is 3. The SMILES string of the molecule is Cc1cc(Nc2ccc(Cl)c(CS(C)=O)c2)nc(-c2cccnc2)n1. The molecule has 1 unspecified atom stereocenters. The Labute approximate surface area is 154 Å². The van der Waals surface area contributed by atoms with E-state index in [4.69, 9.17) is 11.6 Å². The minimum atomic E-state index is -0.959. The van der Waals surface area contributed by atoms with Crippen LogP contribution in [0.5, 0.6) is 0 Å². The van der Waals surface area contributed by atoms with Crippen LogP contribution in [0.1, 0.15) is 11.3 Å². The molecule has 0 amide bonds. The fraction of sp³-hybridized carbons (Fsp3) is 0.167. The van der Waals surface area contributed by atoms with E-state index in [1.807, 2.05) is 37.3 Å². The molecule has 0 spiro atoms. The predicted molar refractivity (Wildman–Crippen MR) is 103 cm³/mol. The van der Waals surface area contributed by atoms with Gasteiger partial charge < -0.3 is 5.32 Å². The molecule has 5 nitrogen and oxygen atoms in total. The Balaban J connectivity index is 1.91. The van der Waals surface area contributed by atoms with Gasteiger partial charge in [-0.25, -0.2) is 9.97 Å². The highest BCUT2D eigenvalue weighted by Crippen LogP contribution is 2.25. The van der Waals surface area contributed by atoms with Crippen molar-refractivity contribution in [2.45, 2.75) is 12.7 Å². The molecule has 0 aliphatic rings. The smallest absolute Gasteiger partial charge is 0.163 e. The van der Waals surface area contributed by atoms with Gasteiger partial charge in [0.25, 0.3) is 0 Å². The fourth-order valence-electron chi connectivity index (χ4n) is 2.39. The lowest BCUT2D eigenvalue weighted by atomic mass is 10.2. The number of benzene rings is 1. The van der Waals surface area contributed by atoms with Gasteiger partial charge in [0.1, 0.15) is 5.82 Å². The lowest BCUT2D eigenvalue weighted by molar-refractivity contribution is 0.686. The van der Waals surface area contributed by atoms with E-state index in [2.05, 4.69) is 20.3 Å². The average Bonchev–Trinajstić information content (AvgIpc) is 2.58. The van der Waals surface area contributed by atoms with Crippen LogP contribution < -0.4 is 5.32 Å². The van der Waals surface area contributed by atoms with Crippen molar-refractivity contribution >= 4 is 33.9 Å². The Morgan fingerprint density at radius 3 is 2.76 bits per heavy atom. The monoisotopic (exact) mass is 372 g/mol. The Kier molecular flexibility index (Phi) is 5.40. The van der Waals surface area contributed by atoms with Gasteiger partial charge in [0.15, 0.2) is 5.82 Å². The van der Waals surface area contributed by atoms with Gasteiger partial charge in [0.05, 0.1) is 0 Å². The molecule has 2 heterocycles. The normalized spacial score (nSPS) is 12.0. The number of anilines is 2. The summed E-state index contributed by atoms with van der Waals surface area (Å²) in [4.78, 5) is 13.1. The summed E-state index contributed by atoms with van der Waals surface area (Å²) in [5.41, 5.74) is 3.37. The van der Waals surface area contributed by atoms with E-state index in [0.717, 1.165) is 22.5 Å². The molecule has 3 aromatic rings. The van der Waals surface area contributed by atoms with Gasteiger partial charge >= 0.3 is 0 Å². The van der Waals surface area contributed by atoms with Crippen LogP contribution in [0.2, 0.25) is 5.02 Å². The predicted octanol–water partition coefficient (Wildman–Crippen LogP) is 4.12. The van der Waals surface area contributed by atoms with E-state index in [0.29, 0.717) is 22.4 Å². The van der Waals surface area contributed by atoms with Gasteiger partial charge in [0.2, 0.25) is 0 Å². The number of hydrogen-bond acceptors (Lipinski definition) is 5. The number of pyridine rings is 1. The number of rotatable bonds is 5. The number of aryl methyl sites for hydroxylation is 1. The molecule has 1 atom stereocenters. The maximum Gasteiger partial charge on any atom is 0.163 e. The van der Waals surface area contributed by atoms with Crippen molar-refractivity contribution in [2.75, 3.05) is 11.6 Å². The largest absolute Gasteiger partial charge is 0.340 e. The summed E-state index contributed by atoms with van der Waals surface area (Å²) in [5, 5.41) is 3.87. The molecule has 128 valence electrons. The van der Waals surface area contributed by atoms with Crippen molar-refractivity contribution in [3.63, 3.8) is 0 Å². The first-order valence-corrected chi connectivity index (χ1v) is 9.73. The van der Waals surface area contributed by atoms with Crippen molar-refractivity contribution < 1.29 is 4.21 Å². The Morgan fingerprint density at radius 2 is 2.04 bits per heavy atom. The Bertz CT molecular complexity index is 918. The molecule has 0 fully saturated rings. The van der Waals surface area contributed by atoms with E-state index < -0.39 is 10.8 Å². The van der Waals surface area contributed by atoms with Crippen LogP contribution in [0.4, 0.5) is 11.5 Å². The molecular formula is C18H17ClN4OS. The second-order valence-corrected chi connectivity index (χ2v) is 7.45. The molecule has 7 heteroatoms. The zero-order valence-electron chi connectivity index (χ0n) is 13.9. The minimum absolute atomic E-state index is 0.415. The minimum Gasteiger partial charge on any atom is -0.340 e. The summed E-state index contributed by atoms with van der Waals surface area (Å²) in [6.45, 7) is 1.92. The third kappa shape index (κ3) is 4.61. The zero-order chi connectivity index (χ0) is 17.8. The maximum atomic E-state index is 11.5. The van der Waals surface area contributed by atoms with Gasteiger partial charge in [-0.2, -0.15) is 0 Å². The molecule has 25 heavy (non-hydrogen) atoms. The first kappa shape index (κ1) is 17.5. The van der Waals surface area contributed by atoms with Gasteiger partial charge in [-0.05, 0) is 42.8 Å². The molecule has 0 bridgehead atoms. The molecule has 0 aliphatic carbocycles. The standard InChI is InChI=1S/C18H17ClN4OS/c1-12-8-17(23-18(21-12)13-4-3-7-20-10-13)22-15-5-6-16(19)14(9-15)11-25(2)24/h3-10H,11H2,1-2H3,(H,21,22,23). The summed E-state index contributed by atoms with van der Waals surface area (Å²) in [6, 6.07) is 11.2. The quantitative estimate of drug-likeness (QED) is 0.729. The molecule has 0 saturated heterocycles. The third-order valence-electron chi connectivity index (χ3n) is 3.45.